The van der Waals surface area contributed by atoms with Crippen LogP contribution in [0.25, 0.3) is 0 Å². The number of nitrogens with one attached hydrogen (secondary N) is 1. The Labute approximate surface area is 110 Å². The standard InChI is InChI=1S/C8H7N5O5S/c9-5-11-8(10-3-4-18-13(16)17)6-1-2-7(19-6)12(14)15/h1-2H,3-4H2,(H,10,11). The summed E-state index contributed by atoms with van der Waals surface area (Å²) in [6.45, 7) is -0.326. The molecule has 0 radical (unpaired) electrons. The third-order valence-corrected chi connectivity index (χ3v) is 2.78. The first-order valence-electron chi connectivity index (χ1n) is 4.76. The maximum atomic E-state index is 10.5. The molecule has 100 valence electrons. The normalized spacial score (nSPS) is 10.6. The average Bonchev–Trinajstić information content (AvgIpc) is 2.82. The van der Waals surface area contributed by atoms with Crippen molar-refractivity contribution in [1.82, 2.24) is 5.32 Å². The number of rotatable bonds is 6. The van der Waals surface area contributed by atoms with E-state index in [0.29, 0.717) is 4.88 Å². The third-order valence-electron chi connectivity index (χ3n) is 1.74. The van der Waals surface area contributed by atoms with Gasteiger partial charge in [-0.3, -0.25) is 20.4 Å². The summed E-state index contributed by atoms with van der Waals surface area (Å²) in [6, 6.07) is 2.71. The molecule has 0 amide bonds. The van der Waals surface area contributed by atoms with E-state index in [4.69, 9.17) is 5.26 Å². The zero-order valence-electron chi connectivity index (χ0n) is 9.31. The summed E-state index contributed by atoms with van der Waals surface area (Å²) in [4.78, 5) is 28.2. The Morgan fingerprint density at radius 3 is 2.79 bits per heavy atom. The Balaban J connectivity index is 2.75. The van der Waals surface area contributed by atoms with E-state index in [1.807, 2.05) is 0 Å². The molecule has 0 saturated heterocycles. The van der Waals surface area contributed by atoms with Gasteiger partial charge in [-0.05, 0) is 6.07 Å². The Hall–Kier alpha value is -2.74. The molecule has 11 heteroatoms. The molecule has 0 spiro atoms. The van der Waals surface area contributed by atoms with Crippen LogP contribution in [0.1, 0.15) is 4.88 Å². The molecular weight excluding hydrogens is 278 g/mol. The fraction of sp³-hybridized carbons (Fsp3) is 0.250. The summed E-state index contributed by atoms with van der Waals surface area (Å²) in [5, 5.41) is 30.2. The fourth-order valence-electron chi connectivity index (χ4n) is 1.06. The van der Waals surface area contributed by atoms with Crippen LogP contribution >= 0.6 is 11.3 Å². The van der Waals surface area contributed by atoms with Gasteiger partial charge in [0.2, 0.25) is 0 Å². The number of nitriles is 1. The first-order valence-corrected chi connectivity index (χ1v) is 5.57. The predicted molar refractivity (Wildman–Crippen MR) is 64.1 cm³/mol. The highest BCUT2D eigenvalue weighted by Crippen LogP contribution is 2.23. The lowest BCUT2D eigenvalue weighted by molar-refractivity contribution is -0.757. The van der Waals surface area contributed by atoms with Gasteiger partial charge < -0.3 is 4.84 Å². The molecule has 0 fully saturated rings. The van der Waals surface area contributed by atoms with Gasteiger partial charge in [-0.25, -0.2) is 0 Å². The van der Waals surface area contributed by atoms with Crippen molar-refractivity contribution in [3.63, 3.8) is 0 Å². The first-order chi connectivity index (χ1) is 9.04. The van der Waals surface area contributed by atoms with Gasteiger partial charge in [0.1, 0.15) is 6.61 Å². The Bertz CT molecular complexity index is 548. The summed E-state index contributed by atoms with van der Waals surface area (Å²) >= 11 is 0.835. The molecule has 1 aromatic heterocycles. The van der Waals surface area contributed by atoms with Gasteiger partial charge >= 0.3 is 5.00 Å². The Kier molecular flexibility index (Phi) is 5.17. The number of thiophene rings is 1. The smallest absolute Gasteiger partial charge is 0.312 e. The minimum absolute atomic E-state index is 0.0588. The van der Waals surface area contributed by atoms with Crippen molar-refractivity contribution in [1.29, 1.82) is 5.26 Å². The SMILES string of the molecule is N#CNC(=NCCO[N+](=O)[O-])c1ccc([N+](=O)[O-])s1. The summed E-state index contributed by atoms with van der Waals surface area (Å²) in [5.41, 5.74) is 0. The highest BCUT2D eigenvalue weighted by atomic mass is 32.1. The van der Waals surface area contributed by atoms with Crippen LogP contribution in [0.3, 0.4) is 0 Å². The van der Waals surface area contributed by atoms with Crippen molar-refractivity contribution in [2.24, 2.45) is 4.99 Å². The van der Waals surface area contributed by atoms with Crippen molar-refractivity contribution < 1.29 is 14.8 Å². The largest absolute Gasteiger partial charge is 0.324 e. The lowest BCUT2D eigenvalue weighted by Gasteiger charge is -2.00. The molecule has 0 atom stereocenters. The Morgan fingerprint density at radius 2 is 2.26 bits per heavy atom. The van der Waals surface area contributed by atoms with Crippen LogP contribution in [0.2, 0.25) is 0 Å². The van der Waals surface area contributed by atoms with Gasteiger partial charge in [0.05, 0.1) is 16.3 Å². The van der Waals surface area contributed by atoms with Crippen LogP contribution in [0.5, 0.6) is 0 Å². The quantitative estimate of drug-likeness (QED) is 0.154. The average molecular weight is 285 g/mol. The van der Waals surface area contributed by atoms with Gasteiger partial charge in [-0.1, -0.05) is 11.3 Å². The zero-order valence-corrected chi connectivity index (χ0v) is 10.1. The number of amidine groups is 1. The second-order valence-electron chi connectivity index (χ2n) is 2.92. The van der Waals surface area contributed by atoms with E-state index >= 15 is 0 Å². The summed E-state index contributed by atoms with van der Waals surface area (Å²) in [7, 11) is 0. The molecule has 0 bridgehead atoms. The van der Waals surface area contributed by atoms with Crippen LogP contribution in [0, 0.1) is 31.7 Å². The molecule has 0 saturated carbocycles. The number of nitro groups is 1. The minimum atomic E-state index is -0.955. The summed E-state index contributed by atoms with van der Waals surface area (Å²) in [6.07, 6.45) is 1.64. The molecule has 1 rings (SSSR count). The highest BCUT2D eigenvalue weighted by Gasteiger charge is 2.13. The Morgan fingerprint density at radius 1 is 1.53 bits per heavy atom. The monoisotopic (exact) mass is 285 g/mol. The molecule has 1 heterocycles. The van der Waals surface area contributed by atoms with Crippen LogP contribution in [0.15, 0.2) is 17.1 Å². The summed E-state index contributed by atoms with van der Waals surface area (Å²) in [5.74, 6) is 0.104. The van der Waals surface area contributed by atoms with Gasteiger partial charge in [-0.2, -0.15) is 5.26 Å². The minimum Gasteiger partial charge on any atom is -0.312 e. The molecule has 1 N–H and O–H groups in total. The maximum absolute atomic E-state index is 10.5. The van der Waals surface area contributed by atoms with Gasteiger partial charge in [-0.15, -0.1) is 10.1 Å². The topological polar surface area (TPSA) is 144 Å². The molecule has 0 aliphatic carbocycles. The van der Waals surface area contributed by atoms with Gasteiger partial charge in [0.25, 0.3) is 5.09 Å². The molecule has 0 aliphatic rings. The second-order valence-corrected chi connectivity index (χ2v) is 3.98. The van der Waals surface area contributed by atoms with E-state index in [9.17, 15) is 20.2 Å². The van der Waals surface area contributed by atoms with Crippen molar-refractivity contribution in [3.8, 4) is 6.19 Å². The van der Waals surface area contributed by atoms with Crippen LogP contribution in [0.4, 0.5) is 5.00 Å². The first kappa shape index (κ1) is 14.3. The lowest BCUT2D eigenvalue weighted by Crippen LogP contribution is -2.19. The van der Waals surface area contributed by atoms with Crippen LogP contribution in [-0.4, -0.2) is 29.0 Å². The maximum Gasteiger partial charge on any atom is 0.324 e. The molecule has 1 aromatic rings. The molecular formula is C8H7N5O5S. The van der Waals surface area contributed by atoms with Crippen LogP contribution in [-0.2, 0) is 4.84 Å². The third kappa shape index (κ3) is 4.56. The molecule has 0 aliphatic heterocycles. The number of aliphatic imine (C=N–C) groups is 1. The predicted octanol–water partition coefficient (Wildman–Crippen LogP) is 0.682. The van der Waals surface area contributed by atoms with Crippen LogP contribution < -0.4 is 5.32 Å². The number of nitrogens with zero attached hydrogens (tertiary/aromatic N) is 4. The van der Waals surface area contributed by atoms with E-state index in [2.05, 4.69) is 15.1 Å². The second kappa shape index (κ2) is 6.87. The highest BCUT2D eigenvalue weighted by molar-refractivity contribution is 7.17. The molecule has 19 heavy (non-hydrogen) atoms. The summed E-state index contributed by atoms with van der Waals surface area (Å²) < 4.78 is 0. The van der Waals surface area contributed by atoms with Gasteiger partial charge in [0, 0.05) is 6.07 Å². The van der Waals surface area contributed by atoms with Crippen molar-refractivity contribution in [2.45, 2.75) is 0 Å². The zero-order chi connectivity index (χ0) is 14.3. The molecule has 10 nitrogen and oxygen atoms in total. The fourth-order valence-corrected chi connectivity index (χ4v) is 1.84. The van der Waals surface area contributed by atoms with E-state index in [0.717, 1.165) is 11.3 Å². The number of hydrogen-bond donors (Lipinski definition) is 1. The molecule has 0 unspecified atom stereocenters. The van der Waals surface area contributed by atoms with Crippen molar-refractivity contribution >= 4 is 22.2 Å². The van der Waals surface area contributed by atoms with E-state index in [1.54, 1.807) is 6.19 Å². The van der Waals surface area contributed by atoms with Crippen molar-refractivity contribution in [2.75, 3.05) is 13.2 Å². The van der Waals surface area contributed by atoms with E-state index in [1.165, 1.54) is 12.1 Å². The van der Waals surface area contributed by atoms with Gasteiger partial charge in [0.15, 0.2) is 12.0 Å². The number of hydrogen-bond acceptors (Lipinski definition) is 8. The van der Waals surface area contributed by atoms with Crippen molar-refractivity contribution in [3.05, 3.63) is 37.2 Å². The lowest BCUT2D eigenvalue weighted by atomic mass is 10.4. The van der Waals surface area contributed by atoms with E-state index in [-0.39, 0.29) is 24.0 Å². The van der Waals surface area contributed by atoms with E-state index < -0.39 is 10.0 Å². The molecule has 0 aromatic carbocycles.